The molecular formula is C12H12F2N4. The first-order valence-electron chi connectivity index (χ1n) is 5.25. The highest BCUT2D eigenvalue weighted by atomic mass is 19.1. The molecule has 0 aliphatic heterocycles. The molecule has 0 aliphatic rings. The molecule has 0 bridgehead atoms. The van der Waals surface area contributed by atoms with Crippen LogP contribution >= 0.6 is 0 Å². The zero-order valence-electron chi connectivity index (χ0n) is 9.69. The maximum Gasteiger partial charge on any atom is 0.178 e. The summed E-state index contributed by atoms with van der Waals surface area (Å²) in [6.07, 6.45) is 0. The van der Waals surface area contributed by atoms with Crippen molar-refractivity contribution in [2.75, 3.05) is 17.4 Å². The van der Waals surface area contributed by atoms with E-state index in [-0.39, 0.29) is 11.6 Å². The van der Waals surface area contributed by atoms with Crippen LogP contribution in [0.5, 0.6) is 0 Å². The van der Waals surface area contributed by atoms with Crippen LogP contribution in [-0.4, -0.2) is 12.0 Å². The number of hydrogen-bond donors (Lipinski definition) is 2. The molecule has 0 atom stereocenters. The molecule has 0 amide bonds. The van der Waals surface area contributed by atoms with E-state index in [1.54, 1.807) is 19.2 Å². The Labute approximate surface area is 103 Å². The van der Waals surface area contributed by atoms with Gasteiger partial charge in [-0.25, -0.2) is 19.6 Å². The van der Waals surface area contributed by atoms with E-state index in [1.165, 1.54) is 4.90 Å². The van der Waals surface area contributed by atoms with Gasteiger partial charge in [-0.15, -0.1) is 0 Å². The van der Waals surface area contributed by atoms with Gasteiger partial charge in [0.1, 0.15) is 0 Å². The molecule has 0 saturated carbocycles. The molecule has 2 rings (SSSR count). The number of para-hydroxylation sites is 1. The van der Waals surface area contributed by atoms with Crippen LogP contribution in [0.4, 0.5) is 26.1 Å². The minimum atomic E-state index is -0.833. The molecule has 0 aliphatic carbocycles. The molecule has 3 N–H and O–H groups in total. The van der Waals surface area contributed by atoms with Crippen molar-refractivity contribution >= 4 is 17.3 Å². The number of nitrogen functional groups attached to an aromatic ring is 1. The number of halogens is 2. The van der Waals surface area contributed by atoms with E-state index in [0.29, 0.717) is 0 Å². The molecule has 2 aromatic rings. The second kappa shape index (κ2) is 4.97. The summed E-state index contributed by atoms with van der Waals surface area (Å²) in [5, 5.41) is 0. The number of rotatable bonds is 3. The first kappa shape index (κ1) is 12.3. The minimum Gasteiger partial charge on any atom is -0.327 e. The summed E-state index contributed by atoms with van der Waals surface area (Å²) in [7, 11) is 1.64. The van der Waals surface area contributed by atoms with Crippen molar-refractivity contribution < 1.29 is 8.78 Å². The van der Waals surface area contributed by atoms with Crippen LogP contribution in [0.15, 0.2) is 36.4 Å². The fourth-order valence-electron chi connectivity index (χ4n) is 1.57. The Hall–Kier alpha value is -2.21. The number of nitrogens with one attached hydrogen (secondary N) is 1. The molecule has 0 radical (unpaired) electrons. The third-order valence-corrected chi connectivity index (χ3v) is 2.51. The van der Waals surface area contributed by atoms with Gasteiger partial charge in [-0.1, -0.05) is 18.2 Å². The zero-order valence-corrected chi connectivity index (χ0v) is 9.69. The van der Waals surface area contributed by atoms with Crippen molar-refractivity contribution in [3.8, 4) is 0 Å². The van der Waals surface area contributed by atoms with E-state index in [0.717, 1.165) is 11.8 Å². The number of pyridine rings is 1. The summed E-state index contributed by atoms with van der Waals surface area (Å²) in [5.74, 6) is 3.33. The van der Waals surface area contributed by atoms with E-state index >= 15 is 0 Å². The van der Waals surface area contributed by atoms with E-state index < -0.39 is 11.6 Å². The quantitative estimate of drug-likeness (QED) is 0.649. The lowest BCUT2D eigenvalue weighted by atomic mass is 10.3. The number of aromatic nitrogens is 1. The summed E-state index contributed by atoms with van der Waals surface area (Å²) in [4.78, 5) is 5.32. The summed E-state index contributed by atoms with van der Waals surface area (Å²) < 4.78 is 26.9. The molecule has 1 heterocycles. The largest absolute Gasteiger partial charge is 0.327 e. The van der Waals surface area contributed by atoms with Crippen molar-refractivity contribution in [2.45, 2.75) is 0 Å². The predicted octanol–water partition coefficient (Wildman–Crippen LogP) is 2.41. The highest BCUT2D eigenvalue weighted by Gasteiger charge is 2.15. The summed E-state index contributed by atoms with van der Waals surface area (Å²) in [6.45, 7) is 0. The van der Waals surface area contributed by atoms with Crippen molar-refractivity contribution in [2.24, 2.45) is 5.84 Å². The highest BCUT2D eigenvalue weighted by Crippen LogP contribution is 2.26. The van der Waals surface area contributed by atoms with Gasteiger partial charge < -0.3 is 10.3 Å². The van der Waals surface area contributed by atoms with Crippen LogP contribution in [0, 0.1) is 11.6 Å². The predicted molar refractivity (Wildman–Crippen MR) is 66.5 cm³/mol. The van der Waals surface area contributed by atoms with Crippen molar-refractivity contribution in [1.82, 2.24) is 4.98 Å². The molecule has 1 aromatic carbocycles. The molecule has 0 spiro atoms. The van der Waals surface area contributed by atoms with Gasteiger partial charge in [0.25, 0.3) is 0 Å². The fourth-order valence-corrected chi connectivity index (χ4v) is 1.57. The molecule has 18 heavy (non-hydrogen) atoms. The Morgan fingerprint density at radius 1 is 1.17 bits per heavy atom. The monoisotopic (exact) mass is 250 g/mol. The number of nitrogens with two attached hydrogens (primary N) is 1. The van der Waals surface area contributed by atoms with E-state index in [4.69, 9.17) is 5.84 Å². The number of nitrogens with zero attached hydrogens (tertiary/aromatic N) is 2. The Balaban J connectivity index is 2.45. The Kier molecular flexibility index (Phi) is 3.38. The van der Waals surface area contributed by atoms with E-state index in [9.17, 15) is 8.78 Å². The molecular weight excluding hydrogens is 238 g/mol. The van der Waals surface area contributed by atoms with Gasteiger partial charge in [0.2, 0.25) is 0 Å². The van der Waals surface area contributed by atoms with Gasteiger partial charge in [0, 0.05) is 18.8 Å². The molecule has 0 fully saturated rings. The molecule has 0 unspecified atom stereocenters. The van der Waals surface area contributed by atoms with Crippen molar-refractivity contribution in [1.29, 1.82) is 0 Å². The number of hydrazine groups is 1. The number of anilines is 3. The Morgan fingerprint density at radius 3 is 2.44 bits per heavy atom. The van der Waals surface area contributed by atoms with Gasteiger partial charge in [-0.2, -0.15) is 0 Å². The van der Waals surface area contributed by atoms with E-state index in [2.05, 4.69) is 10.4 Å². The lowest BCUT2D eigenvalue weighted by Crippen LogP contribution is -2.17. The standard InChI is InChI=1S/C12H12F2N4/c1-18(8-5-3-2-4-6-8)12-10(14)7-9(13)11(16-12)17-15/h2-7H,15H2,1H3,(H,16,17). The summed E-state index contributed by atoms with van der Waals surface area (Å²) in [5.41, 5.74) is 2.82. The van der Waals surface area contributed by atoms with E-state index in [1.807, 2.05) is 18.2 Å². The SMILES string of the molecule is CN(c1ccccc1)c1nc(NN)c(F)cc1F. The summed E-state index contributed by atoms with van der Waals surface area (Å²) >= 11 is 0. The van der Waals surface area contributed by atoms with Gasteiger partial charge in [-0.05, 0) is 12.1 Å². The third-order valence-electron chi connectivity index (χ3n) is 2.51. The third kappa shape index (κ3) is 2.23. The summed E-state index contributed by atoms with van der Waals surface area (Å²) in [6, 6.07) is 9.81. The molecule has 4 nitrogen and oxygen atoms in total. The van der Waals surface area contributed by atoms with Gasteiger partial charge in [0.15, 0.2) is 23.3 Å². The normalized spacial score (nSPS) is 10.2. The average Bonchev–Trinajstić information content (AvgIpc) is 2.39. The van der Waals surface area contributed by atoms with Crippen LogP contribution in [0.1, 0.15) is 0 Å². The maximum atomic E-state index is 13.7. The molecule has 94 valence electrons. The van der Waals surface area contributed by atoms with Crippen LogP contribution in [0.2, 0.25) is 0 Å². The van der Waals surface area contributed by atoms with Crippen LogP contribution in [-0.2, 0) is 0 Å². The lowest BCUT2D eigenvalue weighted by molar-refractivity contribution is 0.576. The topological polar surface area (TPSA) is 54.2 Å². The van der Waals surface area contributed by atoms with Crippen LogP contribution < -0.4 is 16.2 Å². The second-order valence-electron chi connectivity index (χ2n) is 3.66. The number of benzene rings is 1. The first-order valence-corrected chi connectivity index (χ1v) is 5.25. The first-order chi connectivity index (χ1) is 8.63. The van der Waals surface area contributed by atoms with Gasteiger partial charge in [-0.3, -0.25) is 0 Å². The number of hydrogen-bond acceptors (Lipinski definition) is 4. The maximum absolute atomic E-state index is 13.7. The second-order valence-corrected chi connectivity index (χ2v) is 3.66. The van der Waals surface area contributed by atoms with Crippen molar-refractivity contribution in [3.63, 3.8) is 0 Å². The highest BCUT2D eigenvalue weighted by molar-refractivity contribution is 5.61. The Bertz CT molecular complexity index is 545. The molecule has 1 aromatic heterocycles. The van der Waals surface area contributed by atoms with Crippen molar-refractivity contribution in [3.05, 3.63) is 48.0 Å². The fraction of sp³-hybridized carbons (Fsp3) is 0.0833. The minimum absolute atomic E-state index is 0.00412. The van der Waals surface area contributed by atoms with Crippen LogP contribution in [0.3, 0.4) is 0 Å². The Morgan fingerprint density at radius 2 is 1.83 bits per heavy atom. The van der Waals surface area contributed by atoms with Gasteiger partial charge >= 0.3 is 0 Å². The van der Waals surface area contributed by atoms with Gasteiger partial charge in [0.05, 0.1) is 0 Å². The molecule has 0 saturated heterocycles. The molecule has 6 heteroatoms. The van der Waals surface area contributed by atoms with Crippen LogP contribution in [0.25, 0.3) is 0 Å². The zero-order chi connectivity index (χ0) is 13.1. The lowest BCUT2D eigenvalue weighted by Gasteiger charge is -2.19. The average molecular weight is 250 g/mol. The smallest absolute Gasteiger partial charge is 0.178 e.